The van der Waals surface area contributed by atoms with Crippen LogP contribution < -0.4 is 0 Å². The van der Waals surface area contributed by atoms with Crippen LogP contribution in [0.2, 0.25) is 0 Å². The van der Waals surface area contributed by atoms with Gasteiger partial charge in [0.25, 0.3) is 0 Å². The molecular weight excluding hydrogens is 149 g/mol. The Morgan fingerprint density at radius 3 is 1.83 bits per heavy atom. The van der Waals surface area contributed by atoms with Crippen LogP contribution in [0.1, 0.15) is 0 Å². The van der Waals surface area contributed by atoms with Crippen LogP contribution in [-0.2, 0) is 25.5 Å². The van der Waals surface area contributed by atoms with Crippen molar-refractivity contribution in [1.82, 2.24) is 0 Å². The molecule has 6 heavy (non-hydrogen) atoms. The van der Waals surface area contributed by atoms with Crippen LogP contribution >= 0.6 is 9.47 Å². The molecule has 0 rings (SSSR count). The van der Waals surface area contributed by atoms with Gasteiger partial charge >= 0.3 is 38.4 Å². The van der Waals surface area contributed by atoms with Gasteiger partial charge in [0.15, 0.2) is 0 Å². The molecule has 0 amide bonds. The maximum atomic E-state index is 10.9. The zero-order valence-corrected chi connectivity index (χ0v) is 5.18. The van der Waals surface area contributed by atoms with E-state index in [4.69, 9.17) is 0 Å². The summed E-state index contributed by atoms with van der Waals surface area (Å²) in [6, 6.07) is 0. The molecule has 0 N–H and O–H groups in total. The molecule has 0 bridgehead atoms. The molecule has 6 heteroatoms. The van der Waals surface area contributed by atoms with E-state index in [1.165, 1.54) is 9.47 Å². The van der Waals surface area contributed by atoms with Gasteiger partial charge in [0.2, 0.25) is 0 Å². The number of hydrogen-bond acceptors (Lipinski definition) is 3. The molecule has 0 aliphatic rings. The van der Waals surface area contributed by atoms with Crippen molar-refractivity contribution < 1.29 is 29.0 Å². The maximum absolute atomic E-state index is 10.9. The third-order valence-corrected chi connectivity index (χ3v) is 1.56. The van der Waals surface area contributed by atoms with E-state index in [2.05, 4.69) is 3.45 Å². The van der Waals surface area contributed by atoms with Crippen LogP contribution in [0.15, 0.2) is 0 Å². The number of halogens is 1. The zero-order valence-electron chi connectivity index (χ0n) is 2.63. The van der Waals surface area contributed by atoms with Crippen LogP contribution in [0.5, 0.6) is 0 Å². The van der Waals surface area contributed by atoms with Gasteiger partial charge in [-0.1, -0.05) is 0 Å². The molecule has 0 fully saturated rings. The minimum atomic E-state index is -5.45. The molecule has 0 aliphatic carbocycles. The molecule has 0 aliphatic heterocycles. The van der Waals surface area contributed by atoms with Crippen molar-refractivity contribution in [3.63, 3.8) is 0 Å². The molecule has 37 valence electrons. The van der Waals surface area contributed by atoms with E-state index in [0.717, 1.165) is 0 Å². The molecule has 0 aromatic heterocycles. The molecule has 0 saturated heterocycles. The first-order valence-corrected chi connectivity index (χ1v) is 3.66. The molecule has 1 atom stereocenters. The molecule has 0 spiro atoms. The summed E-state index contributed by atoms with van der Waals surface area (Å²) in [5, 5.41) is 0. The second-order valence-corrected chi connectivity index (χ2v) is 3.08. The van der Waals surface area contributed by atoms with E-state index in [1.807, 2.05) is 0 Å². The van der Waals surface area contributed by atoms with Gasteiger partial charge in [0.1, 0.15) is 0 Å². The molecule has 0 radical (unpaired) electrons. The van der Waals surface area contributed by atoms with Gasteiger partial charge < -0.3 is 0 Å². The quantitative estimate of drug-likeness (QED) is 0.510. The Bertz CT molecular complexity index is 113. The van der Waals surface area contributed by atoms with Crippen LogP contribution in [0.4, 0.5) is 3.41 Å². The second kappa shape index (κ2) is 1.98. The van der Waals surface area contributed by atoms with Crippen LogP contribution in [0, 0.1) is 0 Å². The first-order valence-electron chi connectivity index (χ1n) is 0.952. The van der Waals surface area contributed by atoms with E-state index < -0.39 is 14.8 Å². The minimum absolute atomic E-state index is 1.30. The van der Waals surface area contributed by atoms with Gasteiger partial charge in [-0.2, -0.15) is 0 Å². The molecule has 3 nitrogen and oxygen atoms in total. The van der Waals surface area contributed by atoms with E-state index in [9.17, 15) is 10.8 Å². The molecule has 0 saturated carbocycles. The van der Waals surface area contributed by atoms with Crippen molar-refractivity contribution in [3.8, 4) is 0 Å². The summed E-state index contributed by atoms with van der Waals surface area (Å²) in [4.78, 5) is 0. The van der Waals surface area contributed by atoms with Crippen molar-refractivity contribution in [2.75, 3.05) is 0 Å². The zero-order chi connectivity index (χ0) is 5.21. The van der Waals surface area contributed by atoms with Crippen molar-refractivity contribution in [2.24, 2.45) is 0 Å². The summed E-state index contributed by atoms with van der Waals surface area (Å²) in [5.41, 5.74) is 0. The normalized spacial score (nSPS) is 11.7. The molecule has 1 unspecified atom stereocenters. The van der Waals surface area contributed by atoms with Crippen molar-refractivity contribution in [1.29, 1.82) is 0 Å². The topological polar surface area (TPSA) is 43.4 Å². The van der Waals surface area contributed by atoms with Gasteiger partial charge in [0, 0.05) is 0 Å². The van der Waals surface area contributed by atoms with Crippen LogP contribution in [0.3, 0.4) is 0 Å². The van der Waals surface area contributed by atoms with Crippen molar-refractivity contribution >= 4 is 9.47 Å². The Morgan fingerprint density at radius 2 is 1.83 bits per heavy atom. The third-order valence-electron chi connectivity index (χ3n) is 0.126. The summed E-state index contributed by atoms with van der Waals surface area (Å²) in [6.45, 7) is 0. The predicted octanol–water partition coefficient (Wildman–Crippen LogP) is 0.438. The van der Waals surface area contributed by atoms with E-state index in [0.29, 0.717) is 0 Å². The average Bonchev–Trinajstić information content (AvgIpc) is 1.35. The Labute approximate surface area is 39.1 Å². The standard InChI is InChI=1S/FH.H2OP.2O.V/c;1-2;;;/h1H;2H2;;;/q;-1;;;+2/p-1. The van der Waals surface area contributed by atoms with Crippen LogP contribution in [0.25, 0.3) is 0 Å². The fraction of sp³-hybridized carbons (Fsp3) is 0. The van der Waals surface area contributed by atoms with Gasteiger partial charge in [-0.3, -0.25) is 0 Å². The Balaban J connectivity index is 3.85. The Morgan fingerprint density at radius 1 is 1.67 bits per heavy atom. The molecule has 0 aromatic carbocycles. The summed E-state index contributed by atoms with van der Waals surface area (Å²) >= 11 is -5.45. The second-order valence-electron chi connectivity index (χ2n) is 0.536. The summed E-state index contributed by atoms with van der Waals surface area (Å²) in [5.74, 6) is 0. The van der Waals surface area contributed by atoms with Crippen LogP contribution in [-0.4, -0.2) is 0 Å². The number of hydrogen-bond donors (Lipinski definition) is 0. The monoisotopic (exact) mass is 151 g/mol. The summed E-state index contributed by atoms with van der Waals surface area (Å²) < 4.78 is 32.5. The van der Waals surface area contributed by atoms with E-state index in [1.54, 1.807) is 0 Å². The molecule has 0 aromatic rings. The van der Waals surface area contributed by atoms with E-state index in [-0.39, 0.29) is 0 Å². The summed E-state index contributed by atoms with van der Waals surface area (Å²) in [6.07, 6.45) is 0. The summed E-state index contributed by atoms with van der Waals surface area (Å²) in [7, 11) is 1.30. The van der Waals surface area contributed by atoms with E-state index >= 15 is 0 Å². The SMILES string of the molecule is [O]=[V](=[O])([F])[O]P. The third kappa shape index (κ3) is 4.50. The fourth-order valence-electron chi connectivity index (χ4n) is 0. The van der Waals surface area contributed by atoms with Crippen molar-refractivity contribution in [2.45, 2.75) is 0 Å². The molecular formula is H2FO3PV. The fourth-order valence-corrected chi connectivity index (χ4v) is 0. The average molecular weight is 151 g/mol. The first kappa shape index (κ1) is 6.50. The van der Waals surface area contributed by atoms with Gasteiger partial charge in [-0.25, -0.2) is 0 Å². The number of rotatable bonds is 1. The molecule has 0 heterocycles. The Kier molecular flexibility index (Phi) is 2.15. The Hall–Kier alpha value is 0.504. The van der Waals surface area contributed by atoms with Gasteiger partial charge in [0.05, 0.1) is 0 Å². The van der Waals surface area contributed by atoms with Crippen molar-refractivity contribution in [3.05, 3.63) is 0 Å². The predicted molar refractivity (Wildman–Crippen MR) is 13.3 cm³/mol. The van der Waals surface area contributed by atoms with Gasteiger partial charge in [-0.15, -0.1) is 0 Å². The first-order chi connectivity index (χ1) is 2.56. The van der Waals surface area contributed by atoms with Gasteiger partial charge in [-0.05, 0) is 0 Å².